The van der Waals surface area contributed by atoms with Crippen LogP contribution < -0.4 is 19.8 Å². The molecule has 2 aliphatic rings. The lowest BCUT2D eigenvalue weighted by atomic mass is 9.89. The van der Waals surface area contributed by atoms with Crippen molar-refractivity contribution in [2.75, 3.05) is 54.1 Å². The van der Waals surface area contributed by atoms with Gasteiger partial charge in [-0.05, 0) is 73.2 Å². The van der Waals surface area contributed by atoms with Crippen molar-refractivity contribution < 1.29 is 23.4 Å². The first-order valence-corrected chi connectivity index (χ1v) is 18.1. The molecule has 0 spiro atoms. The zero-order valence-electron chi connectivity index (χ0n) is 32.0. The van der Waals surface area contributed by atoms with Crippen LogP contribution in [0.2, 0.25) is 0 Å². The number of piperazine rings is 1. The van der Waals surface area contributed by atoms with Gasteiger partial charge in [0.05, 0.1) is 39.1 Å². The molecular weight excluding hydrogens is 687 g/mol. The number of aromatic nitrogens is 2. The molecule has 4 aromatic rings. The van der Waals surface area contributed by atoms with Gasteiger partial charge in [-0.15, -0.1) is 0 Å². The lowest BCUT2D eigenvalue weighted by molar-refractivity contribution is -0.129. The van der Waals surface area contributed by atoms with Crippen LogP contribution in [-0.2, 0) is 31.4 Å². The van der Waals surface area contributed by atoms with Crippen molar-refractivity contribution in [3.8, 4) is 34.6 Å². The summed E-state index contributed by atoms with van der Waals surface area (Å²) in [6.45, 7) is 11.2. The average Bonchev–Trinajstić information content (AvgIpc) is 3.19. The number of carbonyl (C=O) groups excluding carboxylic acids is 1. The van der Waals surface area contributed by atoms with Crippen molar-refractivity contribution in [3.05, 3.63) is 109 Å². The maximum Gasteiger partial charge on any atom is 0.265 e. The summed E-state index contributed by atoms with van der Waals surface area (Å²) in [4.78, 5) is 36.5. The van der Waals surface area contributed by atoms with Crippen molar-refractivity contribution >= 4 is 12.0 Å². The maximum absolute atomic E-state index is 14.5. The average molecular weight is 735 g/mol. The molecule has 0 N–H and O–H groups in total. The van der Waals surface area contributed by atoms with Crippen LogP contribution in [0.25, 0.3) is 17.2 Å². The highest BCUT2D eigenvalue weighted by molar-refractivity contribution is 6.02. The predicted molar refractivity (Wildman–Crippen MR) is 205 cm³/mol. The lowest BCUT2D eigenvalue weighted by Crippen LogP contribution is -2.45. The van der Waals surface area contributed by atoms with Crippen LogP contribution in [0.5, 0.6) is 17.4 Å². The minimum atomic E-state index is -0.642. The highest BCUT2D eigenvalue weighted by Gasteiger charge is 2.31. The number of methoxy groups -OCH3 is 3. The number of hydrogen-bond acceptors (Lipinski definition) is 9. The van der Waals surface area contributed by atoms with Crippen molar-refractivity contribution in [3.63, 3.8) is 0 Å². The third kappa shape index (κ3) is 7.60. The van der Waals surface area contributed by atoms with Gasteiger partial charge in [0.15, 0.2) is 0 Å². The van der Waals surface area contributed by atoms with Crippen LogP contribution in [-0.4, -0.2) is 84.2 Å². The van der Waals surface area contributed by atoms with Crippen LogP contribution in [0, 0.1) is 31.0 Å². The van der Waals surface area contributed by atoms with Crippen molar-refractivity contribution in [1.29, 1.82) is 5.26 Å². The lowest BCUT2D eigenvalue weighted by Gasteiger charge is -2.38. The van der Waals surface area contributed by atoms with Crippen LogP contribution in [0.4, 0.5) is 4.39 Å². The van der Waals surface area contributed by atoms with E-state index in [0.29, 0.717) is 19.5 Å². The van der Waals surface area contributed by atoms with Gasteiger partial charge in [-0.3, -0.25) is 19.4 Å². The SMILES string of the molecule is COc1cc(/C=C(\C#N)C(=O)N2CCc3c(CN4CCN(Cc5c(OC)cc(-c6cn(C)c(=O)c(C)c6C)cc5OC)CC4)cccc3C2C)c(F)cn1. The number of amides is 1. The molecule has 12 heteroatoms. The standard InChI is InChI=1S/C42H47FN6O5/c1-26-27(2)41(50)46(4)24-35(26)30-18-38(52-5)36(39(19-30)53-6)25-48-15-13-47(14-16-48)23-29-9-8-10-33-28(3)49(12-11-34(29)33)42(51)32(21-44)17-31-20-40(54-7)45-22-37(31)43/h8-10,17-20,22,24,28H,11-16,23,25H2,1-7H3/b32-17+. The smallest absolute Gasteiger partial charge is 0.265 e. The van der Waals surface area contributed by atoms with E-state index in [0.717, 1.165) is 83.8 Å². The van der Waals surface area contributed by atoms with E-state index in [4.69, 9.17) is 14.2 Å². The summed E-state index contributed by atoms with van der Waals surface area (Å²) >= 11 is 0. The number of rotatable bonds is 10. The molecule has 4 heterocycles. The predicted octanol–water partition coefficient (Wildman–Crippen LogP) is 5.60. The van der Waals surface area contributed by atoms with Gasteiger partial charge in [-0.1, -0.05) is 18.2 Å². The molecule has 1 fully saturated rings. The van der Waals surface area contributed by atoms with Crippen LogP contribution in [0.1, 0.15) is 51.9 Å². The maximum atomic E-state index is 14.5. The number of hydrogen-bond donors (Lipinski definition) is 0. The molecular formula is C42H47FN6O5. The number of fused-ring (bicyclic) bond motifs is 1. The molecule has 2 aromatic carbocycles. The minimum absolute atomic E-state index is 0.00561. The summed E-state index contributed by atoms with van der Waals surface area (Å²) in [6.07, 6.45) is 4.80. The molecule has 282 valence electrons. The molecule has 1 saturated heterocycles. The summed E-state index contributed by atoms with van der Waals surface area (Å²) in [7, 11) is 6.54. The Kier molecular flexibility index (Phi) is 11.5. The number of aryl methyl sites for hydroxylation is 1. The van der Waals surface area contributed by atoms with Gasteiger partial charge in [0.2, 0.25) is 5.88 Å². The number of ether oxygens (including phenoxy) is 3. The van der Waals surface area contributed by atoms with E-state index in [-0.39, 0.29) is 28.6 Å². The molecule has 2 aromatic heterocycles. The Labute approximate surface area is 315 Å². The number of nitriles is 1. The number of nitrogens with zero attached hydrogens (tertiary/aromatic N) is 6. The Hall–Kier alpha value is -5.51. The highest BCUT2D eigenvalue weighted by atomic mass is 19.1. The Bertz CT molecular complexity index is 2180. The number of pyridine rings is 2. The molecule has 54 heavy (non-hydrogen) atoms. The van der Waals surface area contributed by atoms with E-state index in [1.54, 1.807) is 30.7 Å². The van der Waals surface area contributed by atoms with Gasteiger partial charge in [0.1, 0.15) is 29.0 Å². The zero-order valence-corrected chi connectivity index (χ0v) is 32.0. The summed E-state index contributed by atoms with van der Waals surface area (Å²) in [5.74, 6) is 0.608. The Balaban J connectivity index is 1.13. The second-order valence-electron chi connectivity index (χ2n) is 13.9. The molecule has 2 aliphatic heterocycles. The van der Waals surface area contributed by atoms with Gasteiger partial charge in [0, 0.05) is 81.8 Å². The van der Waals surface area contributed by atoms with Crippen molar-refractivity contribution in [2.24, 2.45) is 7.05 Å². The zero-order chi connectivity index (χ0) is 38.7. The summed E-state index contributed by atoms with van der Waals surface area (Å²) in [5, 5.41) is 9.89. The molecule has 0 saturated carbocycles. The molecule has 6 rings (SSSR count). The van der Waals surface area contributed by atoms with Gasteiger partial charge in [0.25, 0.3) is 11.5 Å². The third-order valence-electron chi connectivity index (χ3n) is 10.9. The Morgan fingerprint density at radius 2 is 1.65 bits per heavy atom. The number of carbonyl (C=O) groups is 1. The monoisotopic (exact) mass is 734 g/mol. The molecule has 11 nitrogen and oxygen atoms in total. The van der Waals surface area contributed by atoms with E-state index in [1.807, 2.05) is 51.2 Å². The molecule has 0 bridgehead atoms. The first-order valence-electron chi connectivity index (χ1n) is 18.1. The summed E-state index contributed by atoms with van der Waals surface area (Å²) in [6, 6.07) is 13.4. The Morgan fingerprint density at radius 1 is 0.981 bits per heavy atom. The second-order valence-corrected chi connectivity index (χ2v) is 13.9. The fourth-order valence-electron chi connectivity index (χ4n) is 7.61. The largest absolute Gasteiger partial charge is 0.496 e. The van der Waals surface area contributed by atoms with Gasteiger partial charge >= 0.3 is 0 Å². The fourth-order valence-corrected chi connectivity index (χ4v) is 7.61. The molecule has 1 atom stereocenters. The molecule has 1 amide bonds. The van der Waals surface area contributed by atoms with Crippen molar-refractivity contribution in [1.82, 2.24) is 24.3 Å². The van der Waals surface area contributed by atoms with E-state index in [9.17, 15) is 19.2 Å². The molecule has 0 radical (unpaired) electrons. The fraction of sp³-hybridized carbons (Fsp3) is 0.381. The first kappa shape index (κ1) is 38.2. The number of benzene rings is 2. The first-order chi connectivity index (χ1) is 26.0. The quantitative estimate of drug-likeness (QED) is 0.152. The van der Waals surface area contributed by atoms with E-state index < -0.39 is 11.7 Å². The number of halogens is 1. The van der Waals surface area contributed by atoms with Gasteiger partial charge in [-0.2, -0.15) is 5.26 Å². The van der Waals surface area contributed by atoms with Crippen LogP contribution in [0.15, 0.2) is 59.2 Å². The van der Waals surface area contributed by atoms with Crippen LogP contribution >= 0.6 is 0 Å². The van der Waals surface area contributed by atoms with E-state index in [2.05, 4.69) is 26.9 Å². The van der Waals surface area contributed by atoms with E-state index in [1.165, 1.54) is 30.4 Å². The van der Waals surface area contributed by atoms with Gasteiger partial charge in [-0.25, -0.2) is 9.37 Å². The van der Waals surface area contributed by atoms with Gasteiger partial charge < -0.3 is 23.7 Å². The summed E-state index contributed by atoms with van der Waals surface area (Å²) < 4.78 is 33.0. The normalized spacial score (nSPS) is 16.5. The Morgan fingerprint density at radius 3 is 2.28 bits per heavy atom. The molecule has 1 unspecified atom stereocenters. The molecule has 0 aliphatic carbocycles. The van der Waals surface area contributed by atoms with Crippen LogP contribution in [0.3, 0.4) is 0 Å². The van der Waals surface area contributed by atoms with E-state index >= 15 is 0 Å². The van der Waals surface area contributed by atoms with Crippen molar-refractivity contribution in [2.45, 2.75) is 46.3 Å². The highest BCUT2D eigenvalue weighted by Crippen LogP contribution is 2.38. The minimum Gasteiger partial charge on any atom is -0.496 e. The third-order valence-corrected chi connectivity index (χ3v) is 10.9. The second kappa shape index (κ2) is 16.2. The topological polar surface area (TPSA) is 113 Å². The summed E-state index contributed by atoms with van der Waals surface area (Å²) in [5.41, 5.74) is 8.00.